The summed E-state index contributed by atoms with van der Waals surface area (Å²) in [5.41, 5.74) is 0.357. The van der Waals surface area contributed by atoms with Crippen LogP contribution in [0.15, 0.2) is 66.1 Å². The molecule has 0 aliphatic rings. The summed E-state index contributed by atoms with van der Waals surface area (Å²) in [7, 11) is -3.60. The number of hydrogen-bond acceptors (Lipinski definition) is 4. The van der Waals surface area contributed by atoms with E-state index < -0.39 is 10.0 Å². The lowest BCUT2D eigenvalue weighted by Crippen LogP contribution is -2.28. The molecular formula is C18H19ClN2O4S. The van der Waals surface area contributed by atoms with E-state index in [0.29, 0.717) is 22.9 Å². The summed E-state index contributed by atoms with van der Waals surface area (Å²) in [6.07, 6.45) is 1.45. The van der Waals surface area contributed by atoms with Gasteiger partial charge in [0.05, 0.1) is 11.4 Å². The first-order chi connectivity index (χ1) is 12.4. The van der Waals surface area contributed by atoms with Gasteiger partial charge in [0, 0.05) is 17.1 Å². The van der Waals surface area contributed by atoms with E-state index in [2.05, 4.69) is 16.6 Å². The second-order valence-electron chi connectivity index (χ2n) is 5.23. The van der Waals surface area contributed by atoms with Gasteiger partial charge in [-0.2, -0.15) is 0 Å². The molecule has 0 bridgehead atoms. The summed E-state index contributed by atoms with van der Waals surface area (Å²) in [5.74, 6) is 0.302. The molecule has 6 nitrogen and oxygen atoms in total. The predicted molar refractivity (Wildman–Crippen MR) is 101 cm³/mol. The van der Waals surface area contributed by atoms with Crippen molar-refractivity contribution < 1.29 is 17.9 Å². The molecule has 0 radical (unpaired) electrons. The van der Waals surface area contributed by atoms with Gasteiger partial charge < -0.3 is 10.1 Å². The summed E-state index contributed by atoms with van der Waals surface area (Å²) in [5, 5.41) is 3.27. The number of carbonyl (C=O) groups is 1. The molecule has 138 valence electrons. The standard InChI is InChI=1S/C18H19ClN2O4S/c1-2-10-21-26(23,24)17-8-6-14(7-9-17)18(22)20-11-12-25-16-5-3-4-15(19)13-16/h2-9,13,21H,1,10-12H2,(H,20,22). The van der Waals surface area contributed by atoms with E-state index in [4.69, 9.17) is 16.3 Å². The lowest BCUT2D eigenvalue weighted by molar-refractivity contribution is 0.0947. The largest absolute Gasteiger partial charge is 0.492 e. The first-order valence-electron chi connectivity index (χ1n) is 7.79. The fraction of sp³-hybridized carbons (Fsp3) is 0.167. The van der Waals surface area contributed by atoms with Crippen molar-refractivity contribution in [1.82, 2.24) is 10.0 Å². The highest BCUT2D eigenvalue weighted by molar-refractivity contribution is 7.89. The summed E-state index contributed by atoms with van der Waals surface area (Å²) >= 11 is 5.86. The summed E-state index contributed by atoms with van der Waals surface area (Å²) in [6.45, 7) is 4.17. The first kappa shape index (κ1) is 20.0. The monoisotopic (exact) mass is 394 g/mol. The maximum atomic E-state index is 12.1. The highest BCUT2D eigenvalue weighted by Crippen LogP contribution is 2.16. The van der Waals surface area contributed by atoms with Crippen molar-refractivity contribution >= 4 is 27.5 Å². The number of ether oxygens (including phenoxy) is 1. The van der Waals surface area contributed by atoms with Crippen LogP contribution in [0.3, 0.4) is 0 Å². The number of benzene rings is 2. The van der Waals surface area contributed by atoms with Crippen LogP contribution in [0.5, 0.6) is 5.75 Å². The van der Waals surface area contributed by atoms with Gasteiger partial charge in [0.25, 0.3) is 5.91 Å². The van der Waals surface area contributed by atoms with Crippen LogP contribution in [-0.2, 0) is 10.0 Å². The number of nitrogens with one attached hydrogen (secondary N) is 2. The van der Waals surface area contributed by atoms with Gasteiger partial charge in [0.1, 0.15) is 12.4 Å². The maximum Gasteiger partial charge on any atom is 0.251 e. The molecule has 0 aromatic heterocycles. The van der Waals surface area contributed by atoms with Gasteiger partial charge in [-0.3, -0.25) is 4.79 Å². The van der Waals surface area contributed by atoms with Crippen LogP contribution >= 0.6 is 11.6 Å². The van der Waals surface area contributed by atoms with Gasteiger partial charge in [-0.15, -0.1) is 6.58 Å². The van der Waals surface area contributed by atoms with E-state index in [1.807, 2.05) is 0 Å². The molecule has 2 rings (SSSR count). The molecule has 0 spiro atoms. The van der Waals surface area contributed by atoms with Crippen molar-refractivity contribution in [3.63, 3.8) is 0 Å². The molecule has 0 saturated carbocycles. The average molecular weight is 395 g/mol. The molecule has 0 saturated heterocycles. The van der Waals surface area contributed by atoms with Crippen LogP contribution < -0.4 is 14.8 Å². The molecule has 2 N–H and O–H groups in total. The van der Waals surface area contributed by atoms with E-state index in [1.165, 1.54) is 30.3 Å². The lowest BCUT2D eigenvalue weighted by atomic mass is 10.2. The van der Waals surface area contributed by atoms with E-state index in [9.17, 15) is 13.2 Å². The Morgan fingerprint density at radius 3 is 2.58 bits per heavy atom. The zero-order valence-corrected chi connectivity index (χ0v) is 15.5. The van der Waals surface area contributed by atoms with Crippen LogP contribution in [0.4, 0.5) is 0 Å². The topological polar surface area (TPSA) is 84.5 Å². The van der Waals surface area contributed by atoms with Crippen molar-refractivity contribution in [3.8, 4) is 5.75 Å². The van der Waals surface area contributed by atoms with Crippen molar-refractivity contribution in [2.75, 3.05) is 19.7 Å². The minimum Gasteiger partial charge on any atom is -0.492 e. The number of carbonyl (C=O) groups excluding carboxylic acids is 1. The van der Waals surface area contributed by atoms with Crippen molar-refractivity contribution in [3.05, 3.63) is 71.8 Å². The molecule has 2 aromatic rings. The predicted octanol–water partition coefficient (Wildman–Crippen LogP) is 2.61. The highest BCUT2D eigenvalue weighted by atomic mass is 35.5. The molecule has 2 aromatic carbocycles. The molecule has 0 aliphatic heterocycles. The Kier molecular flexibility index (Phi) is 7.20. The molecule has 8 heteroatoms. The highest BCUT2D eigenvalue weighted by Gasteiger charge is 2.13. The lowest BCUT2D eigenvalue weighted by Gasteiger charge is -2.09. The van der Waals surface area contributed by atoms with Gasteiger partial charge in [0.15, 0.2) is 0 Å². The third kappa shape index (κ3) is 5.87. The number of amides is 1. The van der Waals surface area contributed by atoms with Crippen LogP contribution in [0.25, 0.3) is 0 Å². The number of hydrogen-bond donors (Lipinski definition) is 2. The number of halogens is 1. The molecule has 0 heterocycles. The Labute approximate surface area is 157 Å². The molecule has 0 fully saturated rings. The van der Waals surface area contributed by atoms with Gasteiger partial charge in [-0.1, -0.05) is 23.7 Å². The minimum atomic E-state index is -3.60. The van der Waals surface area contributed by atoms with Crippen molar-refractivity contribution in [1.29, 1.82) is 0 Å². The van der Waals surface area contributed by atoms with Crippen LogP contribution in [0, 0.1) is 0 Å². The molecule has 0 aliphatic carbocycles. The maximum absolute atomic E-state index is 12.1. The zero-order valence-electron chi connectivity index (χ0n) is 13.9. The van der Waals surface area contributed by atoms with E-state index >= 15 is 0 Å². The van der Waals surface area contributed by atoms with Crippen molar-refractivity contribution in [2.45, 2.75) is 4.90 Å². The second kappa shape index (κ2) is 9.38. The van der Waals surface area contributed by atoms with E-state index in [1.54, 1.807) is 24.3 Å². The fourth-order valence-electron chi connectivity index (χ4n) is 2.03. The van der Waals surface area contributed by atoms with Crippen LogP contribution in [0.1, 0.15) is 10.4 Å². The van der Waals surface area contributed by atoms with Gasteiger partial charge >= 0.3 is 0 Å². The molecule has 0 atom stereocenters. The Morgan fingerprint density at radius 1 is 1.19 bits per heavy atom. The second-order valence-corrected chi connectivity index (χ2v) is 7.43. The van der Waals surface area contributed by atoms with Crippen LogP contribution in [0.2, 0.25) is 5.02 Å². The normalized spacial score (nSPS) is 11.0. The average Bonchev–Trinajstić information content (AvgIpc) is 2.63. The molecular weight excluding hydrogens is 376 g/mol. The Morgan fingerprint density at radius 2 is 1.92 bits per heavy atom. The third-order valence-electron chi connectivity index (χ3n) is 3.30. The van der Waals surface area contributed by atoms with E-state index in [0.717, 1.165) is 0 Å². The van der Waals surface area contributed by atoms with Crippen LogP contribution in [-0.4, -0.2) is 34.0 Å². The summed E-state index contributed by atoms with van der Waals surface area (Å²) in [6, 6.07) is 12.6. The number of sulfonamides is 1. The summed E-state index contributed by atoms with van der Waals surface area (Å²) < 4.78 is 31.8. The Balaban J connectivity index is 1.85. The molecule has 1 amide bonds. The fourth-order valence-corrected chi connectivity index (χ4v) is 3.21. The van der Waals surface area contributed by atoms with E-state index in [-0.39, 0.29) is 24.0 Å². The SMILES string of the molecule is C=CCNS(=O)(=O)c1ccc(C(=O)NCCOc2cccc(Cl)c2)cc1. The van der Waals surface area contributed by atoms with Gasteiger partial charge in [0.2, 0.25) is 10.0 Å². The third-order valence-corrected chi connectivity index (χ3v) is 4.97. The first-order valence-corrected chi connectivity index (χ1v) is 9.65. The van der Waals surface area contributed by atoms with Gasteiger partial charge in [-0.05, 0) is 42.5 Å². The zero-order chi connectivity index (χ0) is 19.0. The Bertz CT molecular complexity index is 867. The quantitative estimate of drug-likeness (QED) is 0.505. The minimum absolute atomic E-state index is 0.0835. The Hall–Kier alpha value is -2.35. The van der Waals surface area contributed by atoms with Gasteiger partial charge in [-0.25, -0.2) is 13.1 Å². The molecule has 0 unspecified atom stereocenters. The smallest absolute Gasteiger partial charge is 0.251 e. The van der Waals surface area contributed by atoms with Crippen molar-refractivity contribution in [2.24, 2.45) is 0 Å². The summed E-state index contributed by atoms with van der Waals surface area (Å²) in [4.78, 5) is 12.2. The molecule has 26 heavy (non-hydrogen) atoms. The number of rotatable bonds is 9.